The highest BCUT2D eigenvalue weighted by molar-refractivity contribution is 5.79. The molecule has 9 heteroatoms. The summed E-state index contributed by atoms with van der Waals surface area (Å²) in [7, 11) is 0. The zero-order chi connectivity index (χ0) is 19.6. The zero-order valence-corrected chi connectivity index (χ0v) is 14.3. The molecule has 1 aromatic heterocycles. The topological polar surface area (TPSA) is 112 Å². The average Bonchev–Trinajstić information content (AvgIpc) is 3.06. The van der Waals surface area contributed by atoms with E-state index in [0.29, 0.717) is 5.56 Å². The van der Waals surface area contributed by atoms with Gasteiger partial charge in [-0.2, -0.15) is 0 Å². The average molecular weight is 375 g/mol. The van der Waals surface area contributed by atoms with E-state index in [9.17, 15) is 28.7 Å². The van der Waals surface area contributed by atoms with Crippen LogP contribution in [0.5, 0.6) is 0 Å². The van der Waals surface area contributed by atoms with Crippen molar-refractivity contribution < 1.29 is 19.1 Å². The number of nitrogens with one attached hydrogen (secondary N) is 1. The van der Waals surface area contributed by atoms with Crippen LogP contribution in [-0.4, -0.2) is 44.5 Å². The van der Waals surface area contributed by atoms with E-state index in [1.165, 1.54) is 39.9 Å². The maximum Gasteiger partial charge on any atom is 0.328 e. The van der Waals surface area contributed by atoms with Crippen molar-refractivity contribution in [3.63, 3.8) is 0 Å². The molecule has 1 saturated heterocycles. The number of carbonyl (C=O) groups is 2. The number of H-pyrrole nitrogens is 1. The van der Waals surface area contributed by atoms with E-state index < -0.39 is 34.9 Å². The molecule has 1 aliphatic rings. The Bertz CT molecular complexity index is 983. The van der Waals surface area contributed by atoms with Gasteiger partial charge < -0.3 is 14.6 Å². The third kappa shape index (κ3) is 4.13. The minimum absolute atomic E-state index is 0.0197. The summed E-state index contributed by atoms with van der Waals surface area (Å²) in [5.41, 5.74) is -0.600. The number of carboxylic acid groups (broad SMARTS) is 1. The molecule has 142 valence electrons. The second-order valence-electron chi connectivity index (χ2n) is 6.46. The summed E-state index contributed by atoms with van der Waals surface area (Å²) in [6, 6.07) is 6.91. The summed E-state index contributed by atoms with van der Waals surface area (Å²) >= 11 is 0. The van der Waals surface area contributed by atoms with Crippen molar-refractivity contribution in [1.82, 2.24) is 14.5 Å². The van der Waals surface area contributed by atoms with Crippen LogP contribution in [0.15, 0.2) is 46.1 Å². The molecular weight excluding hydrogens is 357 g/mol. The predicted octanol–water partition coefficient (Wildman–Crippen LogP) is 0.393. The molecule has 2 aromatic rings. The Kier molecular flexibility index (Phi) is 5.20. The molecule has 0 bridgehead atoms. The van der Waals surface area contributed by atoms with E-state index in [-0.39, 0.29) is 32.0 Å². The first kappa shape index (κ1) is 18.6. The number of amides is 1. The molecule has 8 nitrogen and oxygen atoms in total. The highest BCUT2D eigenvalue weighted by Gasteiger charge is 2.40. The van der Waals surface area contributed by atoms with Gasteiger partial charge in [-0.05, 0) is 17.7 Å². The fourth-order valence-electron chi connectivity index (χ4n) is 3.33. The normalized spacial score (nSPS) is 19.2. The van der Waals surface area contributed by atoms with Gasteiger partial charge in [-0.3, -0.25) is 19.4 Å². The number of aromatic nitrogens is 2. The van der Waals surface area contributed by atoms with Crippen LogP contribution in [0.25, 0.3) is 0 Å². The van der Waals surface area contributed by atoms with Gasteiger partial charge in [-0.25, -0.2) is 9.18 Å². The van der Waals surface area contributed by atoms with Crippen molar-refractivity contribution in [3.05, 3.63) is 68.7 Å². The van der Waals surface area contributed by atoms with Gasteiger partial charge in [0.05, 0.1) is 5.92 Å². The second-order valence-corrected chi connectivity index (χ2v) is 6.46. The lowest BCUT2D eigenvalue weighted by atomic mass is 9.89. The second kappa shape index (κ2) is 7.56. The summed E-state index contributed by atoms with van der Waals surface area (Å²) in [5.74, 6) is -3.14. The molecule has 27 heavy (non-hydrogen) atoms. The van der Waals surface area contributed by atoms with E-state index >= 15 is 0 Å². The van der Waals surface area contributed by atoms with Gasteiger partial charge in [0.1, 0.15) is 5.82 Å². The molecule has 1 amide bonds. The minimum Gasteiger partial charge on any atom is -0.481 e. The first-order chi connectivity index (χ1) is 12.8. The molecule has 0 saturated carbocycles. The van der Waals surface area contributed by atoms with Crippen LogP contribution in [0.3, 0.4) is 0 Å². The fraction of sp³-hybridized carbons (Fsp3) is 0.333. The Morgan fingerprint density at radius 1 is 1.22 bits per heavy atom. The van der Waals surface area contributed by atoms with Gasteiger partial charge in [0.2, 0.25) is 5.91 Å². The maximum atomic E-state index is 13.5. The Morgan fingerprint density at radius 2 is 2.00 bits per heavy atom. The van der Waals surface area contributed by atoms with Gasteiger partial charge in [-0.1, -0.05) is 12.1 Å². The number of aryl methyl sites for hydroxylation is 1. The summed E-state index contributed by atoms with van der Waals surface area (Å²) in [4.78, 5) is 50.3. The summed E-state index contributed by atoms with van der Waals surface area (Å²) in [5, 5.41) is 9.47. The van der Waals surface area contributed by atoms with Crippen LogP contribution >= 0.6 is 0 Å². The Hall–Kier alpha value is -3.23. The van der Waals surface area contributed by atoms with Gasteiger partial charge >= 0.3 is 11.7 Å². The number of carbonyl (C=O) groups excluding carboxylic acids is 1. The molecule has 1 aliphatic heterocycles. The molecule has 0 unspecified atom stereocenters. The molecule has 2 heterocycles. The lowest BCUT2D eigenvalue weighted by Crippen LogP contribution is -2.33. The molecule has 2 atom stereocenters. The van der Waals surface area contributed by atoms with Gasteiger partial charge in [0, 0.05) is 44.2 Å². The Morgan fingerprint density at radius 3 is 2.67 bits per heavy atom. The SMILES string of the molecule is O=C(O)[C@@H]1CN(C(=O)CCn2ccc(=O)[nH]c2=O)C[C@H]1c1cccc(F)c1. The largest absolute Gasteiger partial charge is 0.481 e. The Balaban J connectivity index is 1.71. The molecule has 3 rings (SSSR count). The lowest BCUT2D eigenvalue weighted by Gasteiger charge is -2.17. The number of rotatable bonds is 5. The van der Waals surface area contributed by atoms with Crippen molar-refractivity contribution in [1.29, 1.82) is 0 Å². The molecule has 1 fully saturated rings. The summed E-state index contributed by atoms with van der Waals surface area (Å²) in [6.07, 6.45) is 1.28. The lowest BCUT2D eigenvalue weighted by molar-refractivity contribution is -0.141. The number of hydrogen-bond donors (Lipinski definition) is 2. The first-order valence-corrected chi connectivity index (χ1v) is 8.41. The molecule has 0 spiro atoms. The number of likely N-dealkylation sites (tertiary alicyclic amines) is 1. The molecule has 0 aliphatic carbocycles. The highest BCUT2D eigenvalue weighted by Crippen LogP contribution is 2.33. The van der Waals surface area contributed by atoms with Crippen molar-refractivity contribution in [2.24, 2.45) is 5.92 Å². The number of halogens is 1. The van der Waals surface area contributed by atoms with Crippen molar-refractivity contribution >= 4 is 11.9 Å². The minimum atomic E-state index is -1.04. The fourth-order valence-corrected chi connectivity index (χ4v) is 3.33. The van der Waals surface area contributed by atoms with Gasteiger partial charge in [-0.15, -0.1) is 0 Å². The number of hydrogen-bond acceptors (Lipinski definition) is 4. The van der Waals surface area contributed by atoms with Crippen LogP contribution < -0.4 is 11.2 Å². The van der Waals surface area contributed by atoms with E-state index in [2.05, 4.69) is 4.98 Å². The summed E-state index contributed by atoms with van der Waals surface area (Å²) < 4.78 is 14.7. The number of nitrogens with zero attached hydrogens (tertiary/aromatic N) is 2. The number of carboxylic acids is 1. The van der Waals surface area contributed by atoms with E-state index in [0.717, 1.165) is 0 Å². The maximum absolute atomic E-state index is 13.5. The summed E-state index contributed by atoms with van der Waals surface area (Å²) in [6.45, 7) is 0.253. The molecular formula is C18H18FN3O5. The van der Waals surface area contributed by atoms with Crippen LogP contribution in [0.2, 0.25) is 0 Å². The van der Waals surface area contributed by atoms with Gasteiger partial charge in [0.15, 0.2) is 0 Å². The van der Waals surface area contributed by atoms with Crippen LogP contribution in [0, 0.1) is 11.7 Å². The number of aromatic amines is 1. The zero-order valence-electron chi connectivity index (χ0n) is 14.3. The first-order valence-electron chi connectivity index (χ1n) is 8.41. The van der Waals surface area contributed by atoms with Crippen LogP contribution in [0.1, 0.15) is 17.9 Å². The number of benzene rings is 1. The van der Waals surface area contributed by atoms with Crippen molar-refractivity contribution in [2.75, 3.05) is 13.1 Å². The van der Waals surface area contributed by atoms with E-state index in [1.54, 1.807) is 6.07 Å². The Labute approximate surface area is 152 Å². The third-order valence-electron chi connectivity index (χ3n) is 4.73. The predicted molar refractivity (Wildman–Crippen MR) is 92.8 cm³/mol. The smallest absolute Gasteiger partial charge is 0.328 e. The standard InChI is InChI=1S/C18H18FN3O5/c19-12-3-1-2-11(8-12)13-9-22(10-14(13)17(25)26)16(24)5-7-21-6-4-15(23)20-18(21)27/h1-4,6,8,13-14H,5,7,9-10H2,(H,25,26)(H,20,23,27)/t13-,14+/m0/s1. The van der Waals surface area contributed by atoms with Crippen molar-refractivity contribution in [2.45, 2.75) is 18.9 Å². The third-order valence-corrected chi connectivity index (χ3v) is 4.73. The highest BCUT2D eigenvalue weighted by atomic mass is 19.1. The molecule has 1 aromatic carbocycles. The van der Waals surface area contributed by atoms with Gasteiger partial charge in [0.25, 0.3) is 5.56 Å². The van der Waals surface area contributed by atoms with Crippen LogP contribution in [0.4, 0.5) is 4.39 Å². The van der Waals surface area contributed by atoms with E-state index in [1.807, 2.05) is 0 Å². The monoisotopic (exact) mass is 375 g/mol. The van der Waals surface area contributed by atoms with E-state index in [4.69, 9.17) is 0 Å². The van der Waals surface area contributed by atoms with Crippen molar-refractivity contribution in [3.8, 4) is 0 Å². The quantitative estimate of drug-likeness (QED) is 0.785. The molecule has 0 radical (unpaired) electrons. The van der Waals surface area contributed by atoms with Crippen LogP contribution in [-0.2, 0) is 16.1 Å². The number of aliphatic carboxylic acids is 1. The molecule has 2 N–H and O–H groups in total.